The van der Waals surface area contributed by atoms with Gasteiger partial charge in [0, 0.05) is 18.8 Å². The van der Waals surface area contributed by atoms with Crippen molar-refractivity contribution in [3.63, 3.8) is 0 Å². The molecule has 0 spiro atoms. The molecule has 0 aromatic carbocycles. The predicted molar refractivity (Wildman–Crippen MR) is 77.1 cm³/mol. The number of halogens is 3. The van der Waals surface area contributed by atoms with Crippen molar-refractivity contribution in [3.05, 3.63) is 29.7 Å². The molecule has 24 heavy (non-hydrogen) atoms. The first-order valence-corrected chi connectivity index (χ1v) is 6.83. The second-order valence-corrected chi connectivity index (χ2v) is 5.29. The van der Waals surface area contributed by atoms with Crippen LogP contribution in [0.25, 0.3) is 22.3 Å². The number of hydrogen-bond acceptors (Lipinski definition) is 4. The molecule has 3 rings (SSSR count). The average molecular weight is 339 g/mol. The van der Waals surface area contributed by atoms with Crippen molar-refractivity contribution < 1.29 is 23.1 Å². The minimum Gasteiger partial charge on any atom is -0.480 e. The fraction of sp³-hybridized carbons (Fsp3) is 0.286. The van der Waals surface area contributed by atoms with Crippen molar-refractivity contribution in [2.75, 3.05) is 0 Å². The van der Waals surface area contributed by atoms with E-state index in [2.05, 4.69) is 15.2 Å². The zero-order valence-corrected chi connectivity index (χ0v) is 12.7. The molecule has 0 saturated heterocycles. The van der Waals surface area contributed by atoms with Gasteiger partial charge in [-0.2, -0.15) is 23.4 Å². The highest BCUT2D eigenvalue weighted by atomic mass is 19.4. The van der Waals surface area contributed by atoms with Crippen LogP contribution in [-0.4, -0.2) is 35.6 Å². The van der Waals surface area contributed by atoms with Gasteiger partial charge in [-0.3, -0.25) is 9.48 Å². The van der Waals surface area contributed by atoms with Gasteiger partial charge in [0.15, 0.2) is 5.65 Å². The predicted octanol–water partition coefficient (Wildman–Crippen LogP) is 2.24. The number of carboxylic acids is 1. The van der Waals surface area contributed by atoms with Crippen molar-refractivity contribution >= 4 is 17.0 Å². The van der Waals surface area contributed by atoms with E-state index in [0.29, 0.717) is 5.56 Å². The Kier molecular flexibility index (Phi) is 3.54. The topological polar surface area (TPSA) is 85.8 Å². The molecule has 1 N–H and O–H groups in total. The monoisotopic (exact) mass is 339 g/mol. The fourth-order valence-electron chi connectivity index (χ4n) is 2.52. The van der Waals surface area contributed by atoms with Crippen LogP contribution in [0.5, 0.6) is 0 Å². The lowest BCUT2D eigenvalue weighted by atomic mass is 10.1. The van der Waals surface area contributed by atoms with Gasteiger partial charge in [0.05, 0.1) is 28.5 Å². The van der Waals surface area contributed by atoms with Crippen molar-refractivity contribution in [1.82, 2.24) is 24.5 Å². The average Bonchev–Trinajstić information content (AvgIpc) is 3.01. The number of nitrogens with zero attached hydrogens (tertiary/aromatic N) is 5. The standard InChI is InChI=1S/C14H12F3N5O2/c1-7-12-9(14(15,16)17)3-10(8-4-18-21(2)5-8)19-13(12)22(20-7)6-11(23)24/h3-5H,6H2,1-2H3,(H,23,24). The third-order valence-electron chi connectivity index (χ3n) is 3.47. The van der Waals surface area contributed by atoms with Crippen LogP contribution in [0.4, 0.5) is 13.2 Å². The molecular weight excluding hydrogens is 327 g/mol. The van der Waals surface area contributed by atoms with Crippen LogP contribution in [-0.2, 0) is 24.6 Å². The van der Waals surface area contributed by atoms with Crippen molar-refractivity contribution in [3.8, 4) is 11.3 Å². The van der Waals surface area contributed by atoms with E-state index in [0.717, 1.165) is 10.7 Å². The van der Waals surface area contributed by atoms with E-state index in [9.17, 15) is 18.0 Å². The molecule has 0 aliphatic carbocycles. The molecule has 0 fully saturated rings. The zero-order valence-electron chi connectivity index (χ0n) is 12.7. The van der Waals surface area contributed by atoms with Gasteiger partial charge >= 0.3 is 12.1 Å². The summed E-state index contributed by atoms with van der Waals surface area (Å²) in [5.41, 5.74) is -0.507. The lowest BCUT2D eigenvalue weighted by molar-refractivity contribution is -0.138. The number of pyridine rings is 1. The largest absolute Gasteiger partial charge is 0.480 e. The molecule has 0 aliphatic heterocycles. The maximum atomic E-state index is 13.5. The summed E-state index contributed by atoms with van der Waals surface area (Å²) in [6, 6.07) is 0.930. The van der Waals surface area contributed by atoms with Crippen molar-refractivity contribution in [2.24, 2.45) is 7.05 Å². The van der Waals surface area contributed by atoms with E-state index >= 15 is 0 Å². The van der Waals surface area contributed by atoms with Gasteiger partial charge in [-0.1, -0.05) is 0 Å². The minimum atomic E-state index is -4.63. The number of fused-ring (bicyclic) bond motifs is 1. The Morgan fingerprint density at radius 3 is 2.62 bits per heavy atom. The third-order valence-corrected chi connectivity index (χ3v) is 3.47. The molecule has 7 nitrogen and oxygen atoms in total. The molecule has 0 amide bonds. The Bertz CT molecular complexity index is 942. The second-order valence-electron chi connectivity index (χ2n) is 5.29. The number of aliphatic carboxylic acids is 1. The first-order chi connectivity index (χ1) is 11.2. The van der Waals surface area contributed by atoms with Crippen LogP contribution < -0.4 is 0 Å². The number of alkyl halides is 3. The Balaban J connectivity index is 2.34. The smallest absolute Gasteiger partial charge is 0.417 e. The number of hydrogen-bond donors (Lipinski definition) is 1. The molecule has 0 radical (unpaired) electrons. The summed E-state index contributed by atoms with van der Waals surface area (Å²) < 4.78 is 42.8. The van der Waals surface area contributed by atoms with Crippen LogP contribution in [0.2, 0.25) is 0 Å². The Labute approximate surface area is 133 Å². The van der Waals surface area contributed by atoms with E-state index in [1.807, 2.05) is 0 Å². The lowest BCUT2D eigenvalue weighted by Crippen LogP contribution is -2.12. The molecule has 0 atom stereocenters. The number of rotatable bonds is 3. The summed E-state index contributed by atoms with van der Waals surface area (Å²) in [6.45, 7) is 0.812. The van der Waals surface area contributed by atoms with Gasteiger partial charge in [-0.15, -0.1) is 0 Å². The lowest BCUT2D eigenvalue weighted by Gasteiger charge is -2.10. The third kappa shape index (κ3) is 2.70. The van der Waals surface area contributed by atoms with Gasteiger partial charge in [0.2, 0.25) is 0 Å². The normalized spacial score (nSPS) is 12.0. The maximum Gasteiger partial charge on any atom is 0.417 e. The second kappa shape index (κ2) is 5.32. The van der Waals surface area contributed by atoms with E-state index in [4.69, 9.17) is 5.11 Å². The molecule has 0 aliphatic rings. The van der Waals surface area contributed by atoms with Crippen LogP contribution in [0.15, 0.2) is 18.5 Å². The van der Waals surface area contributed by atoms with Crippen LogP contribution in [0.1, 0.15) is 11.3 Å². The highest BCUT2D eigenvalue weighted by Crippen LogP contribution is 2.37. The van der Waals surface area contributed by atoms with E-state index in [-0.39, 0.29) is 22.4 Å². The zero-order chi connectivity index (χ0) is 17.6. The van der Waals surface area contributed by atoms with Crippen molar-refractivity contribution in [2.45, 2.75) is 19.6 Å². The number of carboxylic acid groups (broad SMARTS) is 1. The summed E-state index contributed by atoms with van der Waals surface area (Å²) >= 11 is 0. The Morgan fingerprint density at radius 2 is 2.08 bits per heavy atom. The quantitative estimate of drug-likeness (QED) is 0.791. The first-order valence-electron chi connectivity index (χ1n) is 6.83. The molecule has 0 saturated carbocycles. The minimum absolute atomic E-state index is 0.0504. The summed E-state index contributed by atoms with van der Waals surface area (Å²) in [5, 5.41) is 16.5. The highest BCUT2D eigenvalue weighted by Gasteiger charge is 2.35. The molecule has 0 unspecified atom stereocenters. The van der Waals surface area contributed by atoms with Gasteiger partial charge in [0.1, 0.15) is 6.54 Å². The van der Waals surface area contributed by atoms with Crippen molar-refractivity contribution in [1.29, 1.82) is 0 Å². The molecule has 0 bridgehead atoms. The molecule has 126 valence electrons. The van der Waals surface area contributed by atoms with Crippen LogP contribution in [0, 0.1) is 6.92 Å². The molecular formula is C14H12F3N5O2. The van der Waals surface area contributed by atoms with E-state index in [1.54, 1.807) is 7.05 Å². The maximum absolute atomic E-state index is 13.5. The first kappa shape index (κ1) is 16.0. The van der Waals surface area contributed by atoms with Crippen LogP contribution in [0.3, 0.4) is 0 Å². The van der Waals surface area contributed by atoms with E-state index in [1.165, 1.54) is 24.0 Å². The molecule has 3 aromatic heterocycles. The van der Waals surface area contributed by atoms with Gasteiger partial charge in [-0.25, -0.2) is 9.67 Å². The summed E-state index contributed by atoms with van der Waals surface area (Å²) in [4.78, 5) is 15.1. The van der Waals surface area contributed by atoms with Gasteiger partial charge in [0.25, 0.3) is 0 Å². The molecule has 3 aromatic rings. The number of aromatic nitrogens is 5. The summed E-state index contributed by atoms with van der Waals surface area (Å²) in [5.74, 6) is -1.22. The number of aryl methyl sites for hydroxylation is 2. The molecule has 3 heterocycles. The van der Waals surface area contributed by atoms with Crippen LogP contribution >= 0.6 is 0 Å². The highest BCUT2D eigenvalue weighted by molar-refractivity contribution is 5.86. The Morgan fingerprint density at radius 1 is 1.38 bits per heavy atom. The summed E-state index contributed by atoms with van der Waals surface area (Å²) in [6.07, 6.45) is -1.71. The fourth-order valence-corrected chi connectivity index (χ4v) is 2.52. The van der Waals surface area contributed by atoms with Gasteiger partial charge in [-0.05, 0) is 13.0 Å². The SMILES string of the molecule is Cc1nn(CC(=O)O)c2nc(-c3cnn(C)c3)cc(C(F)(F)F)c12. The molecule has 10 heteroatoms. The number of carbonyl (C=O) groups is 1. The summed E-state index contributed by atoms with van der Waals surface area (Å²) in [7, 11) is 1.63. The van der Waals surface area contributed by atoms with E-state index < -0.39 is 24.3 Å². The Hall–Kier alpha value is -2.91. The van der Waals surface area contributed by atoms with Gasteiger partial charge < -0.3 is 5.11 Å².